The molecule has 0 spiro atoms. The Bertz CT molecular complexity index is 541. The lowest BCUT2D eigenvalue weighted by molar-refractivity contribution is -0.111. The van der Waals surface area contributed by atoms with E-state index in [2.05, 4.69) is 5.10 Å². The van der Waals surface area contributed by atoms with Crippen LogP contribution >= 0.6 is 0 Å². The first-order valence-corrected chi connectivity index (χ1v) is 7.52. The maximum Gasteiger partial charge on any atom is 0.220 e. The van der Waals surface area contributed by atoms with Crippen LogP contribution in [0.1, 0.15) is 19.1 Å². The summed E-state index contributed by atoms with van der Waals surface area (Å²) in [5.41, 5.74) is 0. The third-order valence-corrected chi connectivity index (χ3v) is 4.45. The van der Waals surface area contributed by atoms with Crippen LogP contribution in [0, 0.1) is 5.21 Å². The molecular weight excluding hydrogens is 282 g/mol. The summed E-state index contributed by atoms with van der Waals surface area (Å²) in [7, 11) is -0.0843. The van der Waals surface area contributed by atoms with Crippen molar-refractivity contribution in [2.45, 2.75) is 19.4 Å². The van der Waals surface area contributed by atoms with Gasteiger partial charge in [0.1, 0.15) is 5.76 Å². The molecule has 1 saturated heterocycles. The number of hydrogen-bond donors (Lipinski definition) is 0. The lowest BCUT2D eigenvalue weighted by Gasteiger charge is -2.22. The summed E-state index contributed by atoms with van der Waals surface area (Å²) < 4.78 is 16.8. The molecule has 1 aliphatic heterocycles. The predicted octanol–water partition coefficient (Wildman–Crippen LogP) is 0.917. The molecule has 0 aliphatic carbocycles. The van der Waals surface area contributed by atoms with Gasteiger partial charge >= 0.3 is 0 Å². The maximum absolute atomic E-state index is 11.5. The van der Waals surface area contributed by atoms with Gasteiger partial charge in [-0.2, -0.15) is 5.10 Å². The third kappa shape index (κ3) is 3.45. The highest BCUT2D eigenvalue weighted by atomic mass is 32.2. The molecule has 0 N–H and O–H groups in total. The van der Waals surface area contributed by atoms with E-state index in [1.54, 1.807) is 17.1 Å². The Balaban J connectivity index is 2.05. The number of anilines is 1. The van der Waals surface area contributed by atoms with E-state index in [1.165, 1.54) is 13.3 Å². The van der Waals surface area contributed by atoms with Gasteiger partial charge in [-0.05, 0) is 20.0 Å². The second kappa shape index (κ2) is 6.19. The van der Waals surface area contributed by atoms with Gasteiger partial charge in [0.25, 0.3) is 0 Å². The summed E-state index contributed by atoms with van der Waals surface area (Å²) in [6, 6.07) is 3.10. The average Bonchev–Trinajstić information content (AvgIpc) is 2.82. The quantitative estimate of drug-likeness (QED) is 0.609. The molecule has 1 fully saturated rings. The lowest BCUT2D eigenvalue weighted by atomic mass is 10.3. The number of hydrogen-bond acceptors (Lipinski definition) is 7. The number of rotatable bonds is 3. The molecule has 1 aliphatic rings. The Hall–Kier alpha value is -1.67. The first kappa shape index (κ1) is 14.7. The van der Waals surface area contributed by atoms with Crippen molar-refractivity contribution in [3.8, 4) is 0 Å². The minimum Gasteiger partial charge on any atom is -0.756 e. The molecule has 0 radical (unpaired) electrons. The Kier molecular flexibility index (Phi) is 4.56. The van der Waals surface area contributed by atoms with E-state index in [0.29, 0.717) is 17.4 Å². The van der Waals surface area contributed by atoms with Crippen molar-refractivity contribution in [1.29, 1.82) is 0 Å². The van der Waals surface area contributed by atoms with E-state index in [0.717, 1.165) is 0 Å². The van der Waals surface area contributed by atoms with Gasteiger partial charge in [-0.25, -0.2) is 0 Å². The van der Waals surface area contributed by atoms with Gasteiger partial charge < -0.3 is 14.7 Å². The molecule has 1 aromatic heterocycles. The van der Waals surface area contributed by atoms with Crippen LogP contribution in [-0.2, 0) is 15.6 Å². The van der Waals surface area contributed by atoms with Gasteiger partial charge in [0, 0.05) is 19.0 Å². The predicted molar refractivity (Wildman–Crippen MR) is 76.9 cm³/mol. The van der Waals surface area contributed by atoms with E-state index < -0.39 is 10.8 Å². The Morgan fingerprint density at radius 1 is 1.60 bits per heavy atom. The van der Waals surface area contributed by atoms with E-state index in [1.807, 2.05) is 6.92 Å². The Labute approximate surface area is 119 Å². The largest absolute Gasteiger partial charge is 0.756 e. The topological polar surface area (TPSA) is 89.2 Å². The second-order valence-electron chi connectivity index (χ2n) is 4.56. The summed E-state index contributed by atoms with van der Waals surface area (Å²) in [6.07, 6.45) is 1.71. The van der Waals surface area contributed by atoms with E-state index in [4.69, 9.17) is 4.42 Å². The number of furan rings is 1. The highest BCUT2D eigenvalue weighted by molar-refractivity contribution is 8.00. The van der Waals surface area contributed by atoms with Gasteiger partial charge in [-0.3, -0.25) is 14.0 Å². The molecule has 20 heavy (non-hydrogen) atoms. The highest BCUT2D eigenvalue weighted by Crippen LogP contribution is 2.16. The number of nitrogens with zero attached hydrogens (tertiary/aromatic N) is 3. The summed E-state index contributed by atoms with van der Waals surface area (Å²) in [5.74, 6) is 0.932. The molecule has 8 heteroatoms. The zero-order valence-electron chi connectivity index (χ0n) is 11.3. The summed E-state index contributed by atoms with van der Waals surface area (Å²) in [4.78, 5) is 11.4. The van der Waals surface area contributed by atoms with Crippen LogP contribution in [0.4, 0.5) is 5.88 Å². The molecule has 0 bridgehead atoms. The van der Waals surface area contributed by atoms with E-state index >= 15 is 0 Å². The van der Waals surface area contributed by atoms with Gasteiger partial charge in [0.05, 0.1) is 28.8 Å². The molecular formula is C12H16N3O4S-. The van der Waals surface area contributed by atoms with Crippen LogP contribution in [-0.4, -0.2) is 45.9 Å². The molecule has 0 saturated carbocycles. The molecule has 110 valence electrons. The monoisotopic (exact) mass is 298 g/mol. The SMILES string of the molecule is CC1CS(=O)C(=O)CCN1/N=C/c1ccc(N(C)[O-])o1. The molecule has 0 aromatic carbocycles. The molecule has 0 amide bonds. The summed E-state index contributed by atoms with van der Waals surface area (Å²) in [6.45, 7) is 2.30. The molecule has 2 atom stereocenters. The Morgan fingerprint density at radius 2 is 2.35 bits per heavy atom. The van der Waals surface area contributed by atoms with Crippen molar-refractivity contribution in [3.63, 3.8) is 0 Å². The van der Waals surface area contributed by atoms with Gasteiger partial charge in [0.15, 0.2) is 5.88 Å². The second-order valence-corrected chi connectivity index (χ2v) is 6.04. The summed E-state index contributed by atoms with van der Waals surface area (Å²) in [5, 5.41) is 17.4. The maximum atomic E-state index is 11.5. The normalized spacial score (nSPS) is 24.1. The fraction of sp³-hybridized carbons (Fsp3) is 0.500. The van der Waals surface area contributed by atoms with E-state index in [-0.39, 0.29) is 29.2 Å². The smallest absolute Gasteiger partial charge is 0.220 e. The van der Waals surface area contributed by atoms with Crippen molar-refractivity contribution in [1.82, 2.24) is 5.01 Å². The molecule has 2 rings (SSSR count). The number of hydroxylamine groups is 1. The van der Waals surface area contributed by atoms with Gasteiger partial charge in [-0.1, -0.05) is 0 Å². The first-order chi connectivity index (χ1) is 9.47. The van der Waals surface area contributed by atoms with Crippen molar-refractivity contribution in [2.75, 3.05) is 24.4 Å². The van der Waals surface area contributed by atoms with E-state index in [9.17, 15) is 14.2 Å². The average molecular weight is 298 g/mol. The minimum absolute atomic E-state index is 0.0878. The minimum atomic E-state index is -1.43. The van der Waals surface area contributed by atoms with Crippen LogP contribution in [0.25, 0.3) is 0 Å². The lowest BCUT2D eigenvalue weighted by Crippen LogP contribution is -2.31. The summed E-state index contributed by atoms with van der Waals surface area (Å²) >= 11 is 0. The van der Waals surface area contributed by atoms with Gasteiger partial charge in [0.2, 0.25) is 5.12 Å². The van der Waals surface area contributed by atoms with Crippen molar-refractivity contribution < 1.29 is 13.4 Å². The number of carbonyl (C=O) groups is 1. The van der Waals surface area contributed by atoms with Gasteiger partial charge in [-0.15, -0.1) is 0 Å². The first-order valence-electron chi connectivity index (χ1n) is 6.20. The molecule has 7 nitrogen and oxygen atoms in total. The Morgan fingerprint density at radius 3 is 3.00 bits per heavy atom. The fourth-order valence-electron chi connectivity index (χ4n) is 1.82. The standard InChI is InChI=1S/C12H16N3O4S/c1-9-8-20(18)12(16)5-6-15(9)13-7-10-3-4-11(19-10)14(2)17/h3-4,7,9H,5-6,8H2,1-2H3/q-1/b13-7+. The van der Waals surface area contributed by atoms with Crippen molar-refractivity contribution in [3.05, 3.63) is 23.1 Å². The van der Waals surface area contributed by atoms with Crippen LogP contribution in [0.5, 0.6) is 0 Å². The van der Waals surface area contributed by atoms with Crippen molar-refractivity contribution in [2.24, 2.45) is 5.10 Å². The van der Waals surface area contributed by atoms with Crippen LogP contribution < -0.4 is 5.06 Å². The highest BCUT2D eigenvalue weighted by Gasteiger charge is 2.24. The van der Waals surface area contributed by atoms with Crippen LogP contribution in [0.15, 0.2) is 21.7 Å². The zero-order chi connectivity index (χ0) is 14.7. The van der Waals surface area contributed by atoms with Crippen LogP contribution in [0.2, 0.25) is 0 Å². The third-order valence-electron chi connectivity index (χ3n) is 2.96. The van der Waals surface area contributed by atoms with Crippen LogP contribution in [0.3, 0.4) is 0 Å². The number of carbonyl (C=O) groups excluding carboxylic acids is 1. The zero-order valence-corrected chi connectivity index (χ0v) is 12.1. The molecule has 2 heterocycles. The molecule has 1 aromatic rings. The molecule has 2 unspecified atom stereocenters. The fourth-order valence-corrected chi connectivity index (χ4v) is 2.94. The number of hydrazone groups is 1. The van der Waals surface area contributed by atoms with Crippen molar-refractivity contribution >= 4 is 28.0 Å².